The number of ether oxygens (including phenoxy) is 1. The van der Waals surface area contributed by atoms with Crippen LogP contribution in [0.1, 0.15) is 31.9 Å². The minimum atomic E-state index is -4.55. The van der Waals surface area contributed by atoms with Gasteiger partial charge in [-0.25, -0.2) is 14.7 Å². The number of hydrogen-bond donors (Lipinski definition) is 0. The van der Waals surface area contributed by atoms with Crippen LogP contribution < -0.4 is 4.90 Å². The number of benzene rings is 1. The molecule has 0 N–H and O–H groups in total. The largest absolute Gasteiger partial charge is 0.443 e. The van der Waals surface area contributed by atoms with E-state index in [1.807, 2.05) is 0 Å². The molecule has 26 heavy (non-hydrogen) atoms. The summed E-state index contributed by atoms with van der Waals surface area (Å²) in [6, 6.07) is 6.38. The fourth-order valence-electron chi connectivity index (χ4n) is 2.13. The van der Waals surface area contributed by atoms with Gasteiger partial charge in [-0.2, -0.15) is 13.2 Å². The van der Waals surface area contributed by atoms with Gasteiger partial charge in [0.05, 0.1) is 11.3 Å². The molecule has 140 valence electrons. The smallest absolute Gasteiger partial charge is 0.420 e. The Bertz CT molecular complexity index is 817. The Morgan fingerprint density at radius 3 is 2.35 bits per heavy atom. The van der Waals surface area contributed by atoms with Gasteiger partial charge < -0.3 is 4.74 Å². The maximum Gasteiger partial charge on any atom is 0.420 e. The fraction of sp³-hybridized carbons (Fsp3) is 0.333. The van der Waals surface area contributed by atoms with Crippen molar-refractivity contribution in [1.29, 1.82) is 0 Å². The third kappa shape index (κ3) is 4.97. The number of nitrogens with zero attached hydrogens (tertiary/aromatic N) is 2. The zero-order valence-electron chi connectivity index (χ0n) is 14.7. The summed E-state index contributed by atoms with van der Waals surface area (Å²) in [4.78, 5) is 17.9. The minimum absolute atomic E-state index is 0.00725. The molecule has 0 saturated heterocycles. The normalized spacial score (nSPS) is 12.0. The van der Waals surface area contributed by atoms with Crippen LogP contribution in [0.4, 0.5) is 29.5 Å². The molecule has 0 bridgehead atoms. The maximum absolute atomic E-state index is 13.1. The van der Waals surface area contributed by atoms with Crippen LogP contribution >= 0.6 is 15.9 Å². The van der Waals surface area contributed by atoms with Gasteiger partial charge in [0.1, 0.15) is 11.4 Å². The van der Waals surface area contributed by atoms with Gasteiger partial charge in [-0.1, -0.05) is 0 Å². The highest BCUT2D eigenvalue weighted by atomic mass is 79.9. The summed E-state index contributed by atoms with van der Waals surface area (Å²) >= 11 is 3.22. The average molecular weight is 431 g/mol. The molecular weight excluding hydrogens is 413 g/mol. The fourth-order valence-corrected chi connectivity index (χ4v) is 2.55. The monoisotopic (exact) mass is 430 g/mol. The number of pyridine rings is 1. The second kappa shape index (κ2) is 7.26. The Kier molecular flexibility index (Phi) is 5.65. The van der Waals surface area contributed by atoms with Gasteiger partial charge in [-0.15, -0.1) is 0 Å². The van der Waals surface area contributed by atoms with Crippen molar-refractivity contribution in [3.05, 3.63) is 52.1 Å². The molecule has 1 aromatic heterocycles. The van der Waals surface area contributed by atoms with Gasteiger partial charge in [0.2, 0.25) is 0 Å². The number of rotatable bonds is 2. The first-order valence-corrected chi connectivity index (χ1v) is 8.50. The van der Waals surface area contributed by atoms with Crippen LogP contribution in [0.5, 0.6) is 0 Å². The van der Waals surface area contributed by atoms with Crippen molar-refractivity contribution < 1.29 is 22.7 Å². The first-order chi connectivity index (χ1) is 11.9. The number of alkyl halides is 3. The van der Waals surface area contributed by atoms with E-state index in [-0.39, 0.29) is 11.5 Å². The van der Waals surface area contributed by atoms with E-state index in [1.54, 1.807) is 39.8 Å². The van der Waals surface area contributed by atoms with E-state index >= 15 is 0 Å². The highest BCUT2D eigenvalue weighted by molar-refractivity contribution is 9.10. The Hall–Kier alpha value is -2.09. The molecule has 0 atom stereocenters. The lowest BCUT2D eigenvalue weighted by atomic mass is 10.1. The van der Waals surface area contributed by atoms with Crippen LogP contribution in [0.2, 0.25) is 0 Å². The quantitative estimate of drug-likeness (QED) is 0.565. The first-order valence-electron chi connectivity index (χ1n) is 7.71. The van der Waals surface area contributed by atoms with Gasteiger partial charge >= 0.3 is 12.3 Å². The number of aromatic nitrogens is 1. The zero-order valence-corrected chi connectivity index (χ0v) is 16.3. The number of aryl methyl sites for hydroxylation is 1. The third-order valence-corrected chi connectivity index (χ3v) is 3.89. The molecule has 1 aromatic carbocycles. The predicted molar refractivity (Wildman–Crippen MR) is 96.5 cm³/mol. The maximum atomic E-state index is 13.1. The molecule has 4 nitrogen and oxygen atoms in total. The molecule has 0 saturated carbocycles. The third-order valence-electron chi connectivity index (χ3n) is 3.22. The standard InChI is InChI=1S/C18H18BrF3N2O2/c1-11-7-8-23-15(9-11)24(16(25)26-17(2,3)4)14-10-12(18(20,21)22)5-6-13(14)19/h5-10H,1-4H3. The number of carbonyl (C=O) groups is 1. The van der Waals surface area contributed by atoms with E-state index < -0.39 is 23.4 Å². The molecule has 8 heteroatoms. The Labute approximate surface area is 158 Å². The molecular formula is C18H18BrF3N2O2. The molecule has 0 fully saturated rings. The van der Waals surface area contributed by atoms with Crippen molar-refractivity contribution in [3.63, 3.8) is 0 Å². The minimum Gasteiger partial charge on any atom is -0.443 e. The first kappa shape index (κ1) is 20.2. The number of hydrogen-bond acceptors (Lipinski definition) is 3. The molecule has 0 aliphatic carbocycles. The highest BCUT2D eigenvalue weighted by Crippen LogP contribution is 2.38. The summed E-state index contributed by atoms with van der Waals surface area (Å²) in [7, 11) is 0. The van der Waals surface area contributed by atoms with Crippen LogP contribution in [0, 0.1) is 6.92 Å². The Morgan fingerprint density at radius 2 is 1.81 bits per heavy atom. The zero-order chi connectivity index (χ0) is 19.7. The van der Waals surface area contributed by atoms with Gasteiger partial charge in [-0.3, -0.25) is 0 Å². The Morgan fingerprint density at radius 1 is 1.15 bits per heavy atom. The molecule has 0 aliphatic heterocycles. The number of halogens is 4. The molecule has 0 radical (unpaired) electrons. The number of anilines is 2. The van der Waals surface area contributed by atoms with E-state index in [0.29, 0.717) is 4.47 Å². The van der Waals surface area contributed by atoms with Crippen LogP contribution in [0.3, 0.4) is 0 Å². The summed E-state index contributed by atoms with van der Waals surface area (Å²) in [5.41, 5.74) is -0.913. The van der Waals surface area contributed by atoms with Crippen molar-refractivity contribution in [2.45, 2.75) is 39.5 Å². The molecule has 0 spiro atoms. The molecule has 0 unspecified atom stereocenters. The van der Waals surface area contributed by atoms with Crippen LogP contribution in [0.15, 0.2) is 41.0 Å². The lowest BCUT2D eigenvalue weighted by Crippen LogP contribution is -2.34. The van der Waals surface area contributed by atoms with E-state index in [9.17, 15) is 18.0 Å². The van der Waals surface area contributed by atoms with E-state index in [0.717, 1.165) is 22.6 Å². The number of amides is 1. The second-order valence-electron chi connectivity index (χ2n) is 6.67. The van der Waals surface area contributed by atoms with Gasteiger partial charge in [0, 0.05) is 10.7 Å². The number of carbonyl (C=O) groups excluding carboxylic acids is 1. The van der Waals surface area contributed by atoms with E-state index in [4.69, 9.17) is 4.74 Å². The SMILES string of the molecule is Cc1ccnc(N(C(=O)OC(C)(C)C)c2cc(C(F)(F)F)ccc2Br)c1. The lowest BCUT2D eigenvalue weighted by molar-refractivity contribution is -0.137. The highest BCUT2D eigenvalue weighted by Gasteiger charge is 2.33. The van der Waals surface area contributed by atoms with Crippen molar-refractivity contribution in [2.24, 2.45) is 0 Å². The molecule has 1 amide bonds. The predicted octanol–water partition coefficient (Wildman–Crippen LogP) is 6.24. The Balaban J connectivity index is 2.63. The van der Waals surface area contributed by atoms with Crippen molar-refractivity contribution >= 4 is 33.5 Å². The average Bonchev–Trinajstić information content (AvgIpc) is 2.46. The van der Waals surface area contributed by atoms with Crippen molar-refractivity contribution in [1.82, 2.24) is 4.98 Å². The van der Waals surface area contributed by atoms with Crippen molar-refractivity contribution in [3.8, 4) is 0 Å². The summed E-state index contributed by atoms with van der Waals surface area (Å²) in [5, 5.41) is 0. The van der Waals surface area contributed by atoms with Gasteiger partial charge in [-0.05, 0) is 79.5 Å². The topological polar surface area (TPSA) is 42.4 Å². The van der Waals surface area contributed by atoms with Gasteiger partial charge in [0.15, 0.2) is 0 Å². The molecule has 2 rings (SSSR count). The summed E-state index contributed by atoms with van der Waals surface area (Å²) in [6.45, 7) is 6.81. The second-order valence-corrected chi connectivity index (χ2v) is 7.53. The summed E-state index contributed by atoms with van der Waals surface area (Å²) < 4.78 is 45.1. The summed E-state index contributed by atoms with van der Waals surface area (Å²) in [5.74, 6) is 0.166. The van der Waals surface area contributed by atoms with Crippen LogP contribution in [-0.2, 0) is 10.9 Å². The molecule has 1 heterocycles. The molecule has 2 aromatic rings. The van der Waals surface area contributed by atoms with Crippen molar-refractivity contribution in [2.75, 3.05) is 4.90 Å². The van der Waals surface area contributed by atoms with E-state index in [1.165, 1.54) is 12.3 Å². The van der Waals surface area contributed by atoms with Crippen LogP contribution in [0.25, 0.3) is 0 Å². The van der Waals surface area contributed by atoms with E-state index in [2.05, 4.69) is 20.9 Å². The van der Waals surface area contributed by atoms with Crippen LogP contribution in [-0.4, -0.2) is 16.7 Å². The lowest BCUT2D eigenvalue weighted by Gasteiger charge is -2.28. The molecule has 0 aliphatic rings. The summed E-state index contributed by atoms with van der Waals surface area (Å²) in [6.07, 6.45) is -3.89. The van der Waals surface area contributed by atoms with Gasteiger partial charge in [0.25, 0.3) is 0 Å².